The summed E-state index contributed by atoms with van der Waals surface area (Å²) < 4.78 is 42.8. The minimum absolute atomic E-state index is 0.193. The summed E-state index contributed by atoms with van der Waals surface area (Å²) in [5.74, 6) is 0.332. The molecule has 0 saturated heterocycles. The molecular formula is C32H42N4O5S. The number of ether oxygens (including phenoxy) is 2. The Morgan fingerprint density at radius 2 is 1.69 bits per heavy atom. The van der Waals surface area contributed by atoms with Crippen molar-refractivity contribution in [3.63, 3.8) is 0 Å². The van der Waals surface area contributed by atoms with Gasteiger partial charge < -0.3 is 14.8 Å². The van der Waals surface area contributed by atoms with Crippen LogP contribution in [-0.2, 0) is 20.4 Å². The number of methoxy groups -OCH3 is 2. The molecular weight excluding hydrogens is 552 g/mol. The van der Waals surface area contributed by atoms with Crippen molar-refractivity contribution in [1.82, 2.24) is 19.3 Å². The van der Waals surface area contributed by atoms with Crippen molar-refractivity contribution in [1.29, 1.82) is 0 Å². The number of nitrogens with zero attached hydrogens (tertiary/aromatic N) is 2. The molecule has 1 atom stereocenters. The third kappa shape index (κ3) is 7.55. The molecule has 42 heavy (non-hydrogen) atoms. The van der Waals surface area contributed by atoms with Gasteiger partial charge in [0, 0.05) is 44.0 Å². The molecule has 1 fully saturated rings. The molecule has 0 aliphatic heterocycles. The van der Waals surface area contributed by atoms with Gasteiger partial charge in [-0.15, -0.1) is 0 Å². The Hall–Kier alpha value is -3.31. The molecule has 1 aromatic heterocycles. The number of rotatable bonds is 14. The average Bonchev–Trinajstić information content (AvgIpc) is 3.03. The number of benzene rings is 2. The van der Waals surface area contributed by atoms with E-state index in [2.05, 4.69) is 27.2 Å². The van der Waals surface area contributed by atoms with E-state index in [0.29, 0.717) is 37.1 Å². The fourth-order valence-electron chi connectivity index (χ4n) is 5.92. The topological polar surface area (TPSA) is 110 Å². The lowest BCUT2D eigenvalue weighted by Crippen LogP contribution is -2.51. The number of para-hydroxylation sites is 1. The fraction of sp³-hybridized carbons (Fsp3) is 0.438. The van der Waals surface area contributed by atoms with Gasteiger partial charge in [-0.2, -0.15) is 17.4 Å². The monoisotopic (exact) mass is 594 g/mol. The number of pyridine rings is 1. The SMILES string of the molecule is CCC(c1ccncc1)N(CCOC)S(=O)(=O)NC1CCC(CNC(=O)c2ccccc2OC)(c2ccccc2)CC1. The molecule has 2 aromatic carbocycles. The van der Waals surface area contributed by atoms with Crippen molar-refractivity contribution in [2.45, 2.75) is 56.5 Å². The normalized spacial score (nSPS) is 19.8. The highest BCUT2D eigenvalue weighted by Crippen LogP contribution is 2.40. The second-order valence-electron chi connectivity index (χ2n) is 10.7. The zero-order valence-corrected chi connectivity index (χ0v) is 25.5. The van der Waals surface area contributed by atoms with E-state index in [9.17, 15) is 13.2 Å². The second-order valence-corrected chi connectivity index (χ2v) is 12.4. The van der Waals surface area contributed by atoms with Crippen LogP contribution >= 0.6 is 0 Å². The van der Waals surface area contributed by atoms with Gasteiger partial charge in [0.05, 0.1) is 25.3 Å². The van der Waals surface area contributed by atoms with Crippen molar-refractivity contribution < 1.29 is 22.7 Å². The molecule has 226 valence electrons. The second kappa shape index (κ2) is 14.7. The van der Waals surface area contributed by atoms with Crippen LogP contribution in [0, 0.1) is 0 Å². The first kappa shape index (κ1) is 31.6. The fourth-order valence-corrected chi connectivity index (χ4v) is 7.63. The van der Waals surface area contributed by atoms with Crippen LogP contribution in [0.4, 0.5) is 0 Å². The van der Waals surface area contributed by atoms with Crippen LogP contribution in [-0.4, -0.2) is 63.6 Å². The van der Waals surface area contributed by atoms with Gasteiger partial charge >= 0.3 is 0 Å². The summed E-state index contributed by atoms with van der Waals surface area (Å²) >= 11 is 0. The molecule has 2 N–H and O–H groups in total. The van der Waals surface area contributed by atoms with E-state index in [1.807, 2.05) is 49.4 Å². The number of hydrogen-bond acceptors (Lipinski definition) is 6. The maximum absolute atomic E-state index is 13.8. The van der Waals surface area contributed by atoms with E-state index >= 15 is 0 Å². The molecule has 0 bridgehead atoms. The molecule has 9 nitrogen and oxygen atoms in total. The van der Waals surface area contributed by atoms with Crippen LogP contribution in [0.15, 0.2) is 79.1 Å². The molecule has 1 aliphatic rings. The summed E-state index contributed by atoms with van der Waals surface area (Å²) in [6.07, 6.45) is 6.70. The Labute approximate surface area is 249 Å². The van der Waals surface area contributed by atoms with E-state index in [1.165, 1.54) is 4.31 Å². The Balaban J connectivity index is 1.49. The maximum Gasteiger partial charge on any atom is 0.280 e. The Bertz CT molecular complexity index is 1380. The van der Waals surface area contributed by atoms with Crippen LogP contribution in [0.5, 0.6) is 5.75 Å². The Kier molecular flexibility index (Phi) is 11.1. The number of carbonyl (C=O) groups excluding carboxylic acids is 1. The first-order chi connectivity index (χ1) is 20.3. The zero-order valence-electron chi connectivity index (χ0n) is 24.7. The zero-order chi connectivity index (χ0) is 30.0. The summed E-state index contributed by atoms with van der Waals surface area (Å²) in [6, 6.07) is 20.5. The van der Waals surface area contributed by atoms with Crippen molar-refractivity contribution in [3.05, 3.63) is 95.8 Å². The average molecular weight is 595 g/mol. The molecule has 1 heterocycles. The Morgan fingerprint density at radius 1 is 1.02 bits per heavy atom. The highest BCUT2D eigenvalue weighted by molar-refractivity contribution is 7.87. The van der Waals surface area contributed by atoms with Crippen LogP contribution in [0.2, 0.25) is 0 Å². The van der Waals surface area contributed by atoms with E-state index in [4.69, 9.17) is 9.47 Å². The number of hydrogen-bond donors (Lipinski definition) is 2. The van der Waals surface area contributed by atoms with Gasteiger partial charge in [-0.05, 0) is 67.5 Å². The van der Waals surface area contributed by atoms with Crippen LogP contribution in [0.3, 0.4) is 0 Å². The molecule has 10 heteroatoms. The minimum atomic E-state index is -3.83. The largest absolute Gasteiger partial charge is 0.496 e. The smallest absolute Gasteiger partial charge is 0.280 e. The summed E-state index contributed by atoms with van der Waals surface area (Å²) in [5, 5.41) is 3.14. The third-order valence-electron chi connectivity index (χ3n) is 8.23. The quantitative estimate of drug-likeness (QED) is 0.282. The van der Waals surface area contributed by atoms with Crippen molar-refractivity contribution in [3.8, 4) is 5.75 Å². The van der Waals surface area contributed by atoms with Gasteiger partial charge in [0.15, 0.2) is 0 Å². The summed E-state index contributed by atoms with van der Waals surface area (Å²) in [7, 11) is -0.702. The molecule has 1 aliphatic carbocycles. The van der Waals surface area contributed by atoms with Gasteiger partial charge in [0.25, 0.3) is 16.1 Å². The summed E-state index contributed by atoms with van der Waals surface area (Å²) in [5.41, 5.74) is 2.20. The number of carbonyl (C=O) groups is 1. The molecule has 4 rings (SSSR count). The van der Waals surface area contributed by atoms with Gasteiger partial charge in [-0.25, -0.2) is 0 Å². The van der Waals surface area contributed by atoms with Crippen molar-refractivity contribution in [2.24, 2.45) is 0 Å². The highest BCUT2D eigenvalue weighted by Gasteiger charge is 2.40. The van der Waals surface area contributed by atoms with Crippen LogP contribution in [0.1, 0.15) is 66.6 Å². The number of nitrogens with one attached hydrogen (secondary N) is 2. The van der Waals surface area contributed by atoms with Gasteiger partial charge in [-0.3, -0.25) is 9.78 Å². The van der Waals surface area contributed by atoms with Crippen LogP contribution < -0.4 is 14.8 Å². The van der Waals surface area contributed by atoms with E-state index in [1.54, 1.807) is 38.7 Å². The predicted octanol–water partition coefficient (Wildman–Crippen LogP) is 4.63. The molecule has 3 aromatic rings. The summed E-state index contributed by atoms with van der Waals surface area (Å²) in [6.45, 7) is 2.94. The standard InChI is InChI=1S/C32H42N4O5S/c1-4-29(25-16-20-33-21-17-25)36(22-23-40-2)42(38,39)35-27-14-18-32(19-15-27,26-10-6-5-7-11-26)24-34-31(37)28-12-8-9-13-30(28)41-3/h5-13,16-17,20-21,27,29,35H,4,14-15,18-19,22-24H2,1-3H3,(H,34,37). The van der Waals surface area contributed by atoms with Gasteiger partial charge in [-0.1, -0.05) is 49.4 Å². The molecule has 0 spiro atoms. The highest BCUT2D eigenvalue weighted by atomic mass is 32.2. The van der Waals surface area contributed by atoms with Gasteiger partial charge in [0.1, 0.15) is 5.75 Å². The van der Waals surface area contributed by atoms with Crippen molar-refractivity contribution >= 4 is 16.1 Å². The lowest BCUT2D eigenvalue weighted by Gasteiger charge is -2.41. The predicted molar refractivity (Wildman–Crippen MR) is 164 cm³/mol. The van der Waals surface area contributed by atoms with E-state index in [0.717, 1.165) is 24.0 Å². The Morgan fingerprint density at radius 3 is 2.33 bits per heavy atom. The molecule has 0 radical (unpaired) electrons. The molecule has 1 amide bonds. The first-order valence-electron chi connectivity index (χ1n) is 14.5. The van der Waals surface area contributed by atoms with Crippen LogP contribution in [0.25, 0.3) is 0 Å². The minimum Gasteiger partial charge on any atom is -0.496 e. The first-order valence-corrected chi connectivity index (χ1v) is 15.9. The maximum atomic E-state index is 13.8. The van der Waals surface area contributed by atoms with E-state index < -0.39 is 10.2 Å². The van der Waals surface area contributed by atoms with Gasteiger partial charge in [0.2, 0.25) is 0 Å². The molecule has 1 saturated carbocycles. The van der Waals surface area contributed by atoms with Crippen molar-refractivity contribution in [2.75, 3.05) is 33.9 Å². The number of aromatic nitrogens is 1. The third-order valence-corrected chi connectivity index (χ3v) is 9.92. The summed E-state index contributed by atoms with van der Waals surface area (Å²) in [4.78, 5) is 17.2. The number of amides is 1. The van der Waals surface area contributed by atoms with E-state index in [-0.39, 0.29) is 36.6 Å². The lowest BCUT2D eigenvalue weighted by molar-refractivity contribution is 0.0932. The lowest BCUT2D eigenvalue weighted by atomic mass is 9.68. The molecule has 1 unspecified atom stereocenters.